The zero-order valence-electron chi connectivity index (χ0n) is 19.6. The molecule has 11 heteroatoms. The maximum atomic E-state index is 12.6. The Bertz CT molecular complexity index is 1220. The summed E-state index contributed by atoms with van der Waals surface area (Å²) in [5.74, 6) is -0.367. The number of amides is 2. The maximum Gasteiger partial charge on any atom is 0.338 e. The molecule has 0 radical (unpaired) electrons. The number of halogens is 1. The first-order valence-corrected chi connectivity index (χ1v) is 12.4. The van der Waals surface area contributed by atoms with Crippen LogP contribution in [0.4, 0.5) is 5.69 Å². The number of anilines is 1. The summed E-state index contributed by atoms with van der Waals surface area (Å²) >= 11 is 7.35. The van der Waals surface area contributed by atoms with Crippen molar-refractivity contribution in [3.05, 3.63) is 70.5 Å². The van der Waals surface area contributed by atoms with Crippen molar-refractivity contribution in [2.45, 2.75) is 38.5 Å². The lowest BCUT2D eigenvalue weighted by atomic mass is 10.2. The van der Waals surface area contributed by atoms with E-state index in [0.717, 1.165) is 0 Å². The predicted octanol–water partition coefficient (Wildman–Crippen LogP) is 4.35. The highest BCUT2D eigenvalue weighted by atomic mass is 35.5. The lowest BCUT2D eigenvalue weighted by molar-refractivity contribution is -0.113. The Kier molecular flexibility index (Phi) is 9.27. The van der Waals surface area contributed by atoms with Gasteiger partial charge in [0.1, 0.15) is 0 Å². The molecule has 0 aliphatic rings. The van der Waals surface area contributed by atoms with Crippen molar-refractivity contribution in [1.29, 1.82) is 0 Å². The molecule has 2 amide bonds. The second-order valence-corrected chi connectivity index (χ2v) is 8.75. The van der Waals surface area contributed by atoms with Crippen LogP contribution in [0.1, 0.15) is 53.4 Å². The minimum atomic E-state index is -0.447. The SMILES string of the molecule is CCOC(=O)c1cccc(NC(=O)CSc2nnc([C@@H](C)NC(=O)c3ccccc3Cl)n2CC)c1. The number of hydrogen-bond acceptors (Lipinski definition) is 7. The van der Waals surface area contributed by atoms with Crippen LogP contribution in [0.15, 0.2) is 53.7 Å². The quantitative estimate of drug-likeness (QED) is 0.304. The van der Waals surface area contributed by atoms with Crippen LogP contribution >= 0.6 is 23.4 Å². The number of nitrogens with one attached hydrogen (secondary N) is 2. The molecule has 1 heterocycles. The smallest absolute Gasteiger partial charge is 0.338 e. The van der Waals surface area contributed by atoms with Crippen molar-refractivity contribution in [3.63, 3.8) is 0 Å². The number of thioether (sulfide) groups is 1. The second-order valence-electron chi connectivity index (χ2n) is 7.40. The van der Waals surface area contributed by atoms with Crippen LogP contribution in [0.2, 0.25) is 5.02 Å². The molecular weight excluding hydrogens is 490 g/mol. The normalized spacial score (nSPS) is 11.5. The van der Waals surface area contributed by atoms with E-state index in [1.165, 1.54) is 11.8 Å². The zero-order chi connectivity index (χ0) is 25.4. The third-order valence-electron chi connectivity index (χ3n) is 4.90. The largest absolute Gasteiger partial charge is 0.462 e. The van der Waals surface area contributed by atoms with Crippen molar-refractivity contribution in [1.82, 2.24) is 20.1 Å². The molecule has 1 aromatic heterocycles. The van der Waals surface area contributed by atoms with E-state index >= 15 is 0 Å². The van der Waals surface area contributed by atoms with Gasteiger partial charge in [0.05, 0.1) is 34.6 Å². The second kappa shape index (κ2) is 12.4. The predicted molar refractivity (Wildman–Crippen MR) is 135 cm³/mol. The molecule has 0 spiro atoms. The number of esters is 1. The van der Waals surface area contributed by atoms with Crippen molar-refractivity contribution in [2.24, 2.45) is 0 Å². The molecule has 0 saturated carbocycles. The number of nitrogens with zero attached hydrogens (tertiary/aromatic N) is 3. The molecule has 1 atom stereocenters. The van der Waals surface area contributed by atoms with Gasteiger partial charge in [0, 0.05) is 12.2 Å². The van der Waals surface area contributed by atoms with E-state index in [-0.39, 0.29) is 24.2 Å². The first kappa shape index (κ1) is 26.2. The van der Waals surface area contributed by atoms with Gasteiger partial charge in [-0.25, -0.2) is 4.79 Å². The monoisotopic (exact) mass is 515 g/mol. The highest BCUT2D eigenvalue weighted by Gasteiger charge is 2.21. The first-order valence-electron chi connectivity index (χ1n) is 11.0. The lowest BCUT2D eigenvalue weighted by Gasteiger charge is -2.15. The van der Waals surface area contributed by atoms with Crippen molar-refractivity contribution in [3.8, 4) is 0 Å². The minimum Gasteiger partial charge on any atom is -0.462 e. The highest BCUT2D eigenvalue weighted by molar-refractivity contribution is 7.99. The van der Waals surface area contributed by atoms with E-state index in [9.17, 15) is 14.4 Å². The van der Waals surface area contributed by atoms with Gasteiger partial charge in [-0.3, -0.25) is 9.59 Å². The summed E-state index contributed by atoms with van der Waals surface area (Å²) in [6.07, 6.45) is 0. The summed E-state index contributed by atoms with van der Waals surface area (Å²) in [4.78, 5) is 37.0. The fraction of sp³-hybridized carbons (Fsp3) is 0.292. The molecule has 2 aromatic carbocycles. The fourth-order valence-electron chi connectivity index (χ4n) is 3.27. The highest BCUT2D eigenvalue weighted by Crippen LogP contribution is 2.22. The van der Waals surface area contributed by atoms with E-state index in [1.807, 2.05) is 18.4 Å². The third-order valence-corrected chi connectivity index (χ3v) is 6.20. The van der Waals surface area contributed by atoms with Crippen LogP contribution in [0.3, 0.4) is 0 Å². The Balaban J connectivity index is 1.62. The van der Waals surface area contributed by atoms with Crippen LogP contribution in [0.5, 0.6) is 0 Å². The summed E-state index contributed by atoms with van der Waals surface area (Å²) in [5, 5.41) is 15.0. The molecule has 0 saturated heterocycles. The van der Waals surface area contributed by atoms with E-state index < -0.39 is 12.0 Å². The molecular formula is C24H26ClN5O4S. The number of ether oxygens (including phenoxy) is 1. The van der Waals surface area contributed by atoms with Gasteiger partial charge in [0.15, 0.2) is 11.0 Å². The van der Waals surface area contributed by atoms with Gasteiger partial charge in [-0.2, -0.15) is 0 Å². The summed E-state index contributed by atoms with van der Waals surface area (Å²) in [6, 6.07) is 12.9. The molecule has 2 N–H and O–H groups in total. The van der Waals surface area contributed by atoms with Gasteiger partial charge < -0.3 is 19.9 Å². The van der Waals surface area contributed by atoms with Crippen LogP contribution < -0.4 is 10.6 Å². The first-order chi connectivity index (χ1) is 16.8. The maximum absolute atomic E-state index is 12.6. The molecule has 0 fully saturated rings. The fourth-order valence-corrected chi connectivity index (χ4v) is 4.31. The molecule has 0 bridgehead atoms. The van der Waals surface area contributed by atoms with Crippen molar-refractivity contribution >= 4 is 46.8 Å². The van der Waals surface area contributed by atoms with E-state index in [1.54, 1.807) is 55.5 Å². The number of aromatic nitrogens is 3. The van der Waals surface area contributed by atoms with Gasteiger partial charge in [-0.05, 0) is 51.1 Å². The molecule has 9 nitrogen and oxygen atoms in total. The van der Waals surface area contributed by atoms with E-state index in [2.05, 4.69) is 20.8 Å². The van der Waals surface area contributed by atoms with Gasteiger partial charge in [0.2, 0.25) is 5.91 Å². The average molecular weight is 516 g/mol. The summed E-state index contributed by atoms with van der Waals surface area (Å²) in [6.45, 7) is 6.30. The molecule has 0 unspecified atom stereocenters. The molecule has 3 aromatic rings. The standard InChI is InChI=1S/C24H26ClN5O4S/c1-4-30-21(15(3)26-22(32)18-11-6-7-12-19(18)25)28-29-24(30)35-14-20(31)27-17-10-8-9-16(13-17)23(33)34-5-2/h6-13,15H,4-5,14H2,1-3H3,(H,26,32)(H,27,31)/t15-/m1/s1. The summed E-state index contributed by atoms with van der Waals surface area (Å²) in [5.41, 5.74) is 1.23. The van der Waals surface area contributed by atoms with Gasteiger partial charge >= 0.3 is 5.97 Å². The van der Waals surface area contributed by atoms with Crippen LogP contribution in [-0.4, -0.2) is 44.9 Å². The van der Waals surface area contributed by atoms with Crippen molar-refractivity contribution < 1.29 is 19.1 Å². The van der Waals surface area contributed by atoms with Gasteiger partial charge in [0.25, 0.3) is 5.91 Å². The molecule has 0 aliphatic heterocycles. The Morgan fingerprint density at radius 2 is 1.89 bits per heavy atom. The number of rotatable bonds is 10. The number of carbonyl (C=O) groups is 3. The Morgan fingerprint density at radius 1 is 1.11 bits per heavy atom. The number of benzene rings is 2. The van der Waals surface area contributed by atoms with Crippen LogP contribution in [0.25, 0.3) is 0 Å². The van der Waals surface area contributed by atoms with Gasteiger partial charge in [-0.15, -0.1) is 10.2 Å². The average Bonchev–Trinajstić information content (AvgIpc) is 3.26. The van der Waals surface area contributed by atoms with Crippen LogP contribution in [0, 0.1) is 0 Å². The summed E-state index contributed by atoms with van der Waals surface area (Å²) in [7, 11) is 0. The lowest BCUT2D eigenvalue weighted by Crippen LogP contribution is -2.29. The Morgan fingerprint density at radius 3 is 2.60 bits per heavy atom. The Hall–Kier alpha value is -3.37. The molecule has 0 aliphatic carbocycles. The topological polar surface area (TPSA) is 115 Å². The minimum absolute atomic E-state index is 0.0854. The van der Waals surface area contributed by atoms with Crippen molar-refractivity contribution in [2.75, 3.05) is 17.7 Å². The molecule has 184 valence electrons. The van der Waals surface area contributed by atoms with Crippen LogP contribution in [-0.2, 0) is 16.1 Å². The van der Waals surface area contributed by atoms with E-state index in [4.69, 9.17) is 16.3 Å². The zero-order valence-corrected chi connectivity index (χ0v) is 21.2. The molecule has 3 rings (SSSR count). The molecule has 35 heavy (non-hydrogen) atoms. The summed E-state index contributed by atoms with van der Waals surface area (Å²) < 4.78 is 6.83. The van der Waals surface area contributed by atoms with Gasteiger partial charge in [-0.1, -0.05) is 41.6 Å². The van der Waals surface area contributed by atoms with E-state index in [0.29, 0.717) is 39.4 Å². The third kappa shape index (κ3) is 6.83. The number of hydrogen-bond donors (Lipinski definition) is 2. The number of carbonyl (C=O) groups excluding carboxylic acids is 3. The Labute approximate surface area is 212 Å².